The molecule has 16 heavy (non-hydrogen) atoms. The highest BCUT2D eigenvalue weighted by Gasteiger charge is 2.10. The fourth-order valence-corrected chi connectivity index (χ4v) is 2.03. The molecule has 0 bridgehead atoms. The molecule has 1 aromatic rings. The van der Waals surface area contributed by atoms with Gasteiger partial charge in [-0.3, -0.25) is 10.2 Å². The maximum Gasteiger partial charge on any atom is 0.258 e. The number of carbonyl (C=O) groups excluding carboxylic acids is 1. The number of hydrazine groups is 1. The number of carbonyl (C=O) groups is 1. The third kappa shape index (κ3) is 3.44. The van der Waals surface area contributed by atoms with Gasteiger partial charge in [-0.1, -0.05) is 6.07 Å². The van der Waals surface area contributed by atoms with Crippen molar-refractivity contribution in [2.75, 3.05) is 26.3 Å². The van der Waals surface area contributed by atoms with Gasteiger partial charge in [0.05, 0.1) is 13.2 Å². The van der Waals surface area contributed by atoms with E-state index >= 15 is 0 Å². The van der Waals surface area contributed by atoms with Gasteiger partial charge in [0.25, 0.3) is 5.91 Å². The van der Waals surface area contributed by atoms with Crippen molar-refractivity contribution in [2.24, 2.45) is 0 Å². The lowest BCUT2D eigenvalue weighted by Gasteiger charge is -2.26. The van der Waals surface area contributed by atoms with Crippen LogP contribution in [0.5, 0.6) is 0 Å². The lowest BCUT2D eigenvalue weighted by Crippen LogP contribution is -2.47. The van der Waals surface area contributed by atoms with E-state index in [0.717, 1.165) is 18.0 Å². The highest BCUT2D eigenvalue weighted by Crippen LogP contribution is 2.09. The molecular formula is C11H14N2O2S. The van der Waals surface area contributed by atoms with Crippen molar-refractivity contribution in [3.05, 3.63) is 28.5 Å². The molecule has 0 unspecified atom stereocenters. The van der Waals surface area contributed by atoms with E-state index in [1.54, 1.807) is 17.4 Å². The Balaban J connectivity index is 1.79. The molecule has 0 radical (unpaired) electrons. The van der Waals surface area contributed by atoms with Crippen molar-refractivity contribution in [3.63, 3.8) is 0 Å². The largest absolute Gasteiger partial charge is 0.379 e. The molecule has 1 aliphatic heterocycles. The van der Waals surface area contributed by atoms with Crippen LogP contribution in [0.25, 0.3) is 6.08 Å². The fourth-order valence-electron chi connectivity index (χ4n) is 1.41. The van der Waals surface area contributed by atoms with Gasteiger partial charge in [0.15, 0.2) is 0 Å². The predicted octanol–water partition coefficient (Wildman–Crippen LogP) is 1.12. The van der Waals surface area contributed by atoms with Gasteiger partial charge in [-0.15, -0.1) is 11.3 Å². The van der Waals surface area contributed by atoms with Gasteiger partial charge < -0.3 is 4.74 Å². The second-order valence-corrected chi connectivity index (χ2v) is 4.40. The Bertz CT molecular complexity index is 356. The molecule has 1 saturated heterocycles. The van der Waals surface area contributed by atoms with Gasteiger partial charge >= 0.3 is 0 Å². The smallest absolute Gasteiger partial charge is 0.258 e. The first-order chi connectivity index (χ1) is 7.84. The number of ether oxygens (including phenoxy) is 1. The average molecular weight is 238 g/mol. The maximum atomic E-state index is 11.5. The van der Waals surface area contributed by atoms with Gasteiger partial charge in [0.2, 0.25) is 0 Å². The van der Waals surface area contributed by atoms with E-state index < -0.39 is 0 Å². The highest BCUT2D eigenvalue weighted by molar-refractivity contribution is 7.10. The molecule has 0 spiro atoms. The van der Waals surface area contributed by atoms with Crippen LogP contribution in [0.15, 0.2) is 23.6 Å². The van der Waals surface area contributed by atoms with E-state index in [-0.39, 0.29) is 5.91 Å². The monoisotopic (exact) mass is 238 g/mol. The van der Waals surface area contributed by atoms with Gasteiger partial charge in [0, 0.05) is 24.0 Å². The van der Waals surface area contributed by atoms with Crippen LogP contribution < -0.4 is 5.43 Å². The second kappa shape index (κ2) is 5.79. The number of hydrogen-bond donors (Lipinski definition) is 1. The third-order valence-corrected chi connectivity index (χ3v) is 3.06. The van der Waals surface area contributed by atoms with Crippen LogP contribution in [0.3, 0.4) is 0 Å². The molecule has 2 rings (SSSR count). The predicted molar refractivity (Wildman–Crippen MR) is 63.9 cm³/mol. The first-order valence-corrected chi connectivity index (χ1v) is 6.07. The summed E-state index contributed by atoms with van der Waals surface area (Å²) in [5, 5.41) is 3.87. The number of rotatable bonds is 3. The molecule has 1 aromatic heterocycles. The zero-order valence-corrected chi connectivity index (χ0v) is 9.70. The topological polar surface area (TPSA) is 41.6 Å². The van der Waals surface area contributed by atoms with Crippen molar-refractivity contribution in [3.8, 4) is 0 Å². The number of amides is 1. The summed E-state index contributed by atoms with van der Waals surface area (Å²) in [6.45, 7) is 2.85. The molecule has 1 aliphatic rings. The van der Waals surface area contributed by atoms with Crippen LogP contribution >= 0.6 is 11.3 Å². The normalized spacial score (nSPS) is 17.8. The Morgan fingerprint density at radius 1 is 1.50 bits per heavy atom. The molecule has 1 amide bonds. The maximum absolute atomic E-state index is 11.5. The molecule has 0 aliphatic carbocycles. The van der Waals surface area contributed by atoms with Gasteiger partial charge in [0.1, 0.15) is 0 Å². The van der Waals surface area contributed by atoms with Crippen molar-refractivity contribution in [1.29, 1.82) is 0 Å². The summed E-state index contributed by atoms with van der Waals surface area (Å²) in [5.41, 5.74) is 2.81. The quantitative estimate of drug-likeness (QED) is 0.802. The number of morpholine rings is 1. The van der Waals surface area contributed by atoms with Crippen molar-refractivity contribution in [1.82, 2.24) is 10.4 Å². The Hall–Kier alpha value is -1.17. The molecule has 1 fully saturated rings. The SMILES string of the molecule is O=C(C=Cc1cccs1)NN1CCOCC1. The van der Waals surface area contributed by atoms with Gasteiger partial charge in [-0.05, 0) is 17.5 Å². The first kappa shape index (κ1) is 11.3. The van der Waals surface area contributed by atoms with E-state index in [1.807, 2.05) is 28.6 Å². The second-order valence-electron chi connectivity index (χ2n) is 3.42. The summed E-state index contributed by atoms with van der Waals surface area (Å²) in [7, 11) is 0. The van der Waals surface area contributed by atoms with Crippen LogP contribution in [-0.4, -0.2) is 37.2 Å². The molecule has 1 N–H and O–H groups in total. The molecule has 5 heteroatoms. The zero-order chi connectivity index (χ0) is 11.2. The zero-order valence-electron chi connectivity index (χ0n) is 8.89. The molecule has 2 heterocycles. The Kier molecular flexibility index (Phi) is 4.10. The van der Waals surface area contributed by atoms with Crippen molar-refractivity contribution in [2.45, 2.75) is 0 Å². The summed E-state index contributed by atoms with van der Waals surface area (Å²) in [6, 6.07) is 3.94. The van der Waals surface area contributed by atoms with Crippen LogP contribution in [0.1, 0.15) is 4.88 Å². The Labute approximate surface area is 98.5 Å². The molecule has 86 valence electrons. The van der Waals surface area contributed by atoms with Crippen LogP contribution in [-0.2, 0) is 9.53 Å². The summed E-state index contributed by atoms with van der Waals surface area (Å²) in [6.07, 6.45) is 3.38. The lowest BCUT2D eigenvalue weighted by molar-refractivity contribution is -0.123. The third-order valence-electron chi connectivity index (χ3n) is 2.22. The minimum atomic E-state index is -0.0877. The number of hydrogen-bond acceptors (Lipinski definition) is 4. The van der Waals surface area contributed by atoms with Gasteiger partial charge in [-0.25, -0.2) is 5.01 Å². The number of thiophene rings is 1. The Morgan fingerprint density at radius 2 is 2.31 bits per heavy atom. The van der Waals surface area contributed by atoms with Crippen molar-refractivity contribution >= 4 is 23.3 Å². The molecule has 0 aromatic carbocycles. The summed E-state index contributed by atoms with van der Waals surface area (Å²) in [5.74, 6) is -0.0877. The standard InChI is InChI=1S/C11H14N2O2S/c14-11(4-3-10-2-1-9-16-10)12-13-5-7-15-8-6-13/h1-4,9H,5-8H2,(H,12,14). The van der Waals surface area contributed by atoms with E-state index in [2.05, 4.69) is 5.43 Å². The average Bonchev–Trinajstić information content (AvgIpc) is 2.81. The van der Waals surface area contributed by atoms with E-state index in [4.69, 9.17) is 4.74 Å². The minimum absolute atomic E-state index is 0.0877. The molecule has 0 saturated carbocycles. The summed E-state index contributed by atoms with van der Waals surface area (Å²) < 4.78 is 5.19. The summed E-state index contributed by atoms with van der Waals surface area (Å²) >= 11 is 1.61. The van der Waals surface area contributed by atoms with Crippen LogP contribution in [0, 0.1) is 0 Å². The van der Waals surface area contributed by atoms with E-state index in [9.17, 15) is 4.79 Å². The number of nitrogens with zero attached hydrogens (tertiary/aromatic N) is 1. The van der Waals surface area contributed by atoms with Gasteiger partial charge in [-0.2, -0.15) is 0 Å². The van der Waals surface area contributed by atoms with Crippen LogP contribution in [0.4, 0.5) is 0 Å². The van der Waals surface area contributed by atoms with Crippen LogP contribution in [0.2, 0.25) is 0 Å². The molecule has 4 nitrogen and oxygen atoms in total. The molecule has 0 atom stereocenters. The highest BCUT2D eigenvalue weighted by atomic mass is 32.1. The lowest BCUT2D eigenvalue weighted by atomic mass is 10.4. The van der Waals surface area contributed by atoms with E-state index in [1.165, 1.54) is 0 Å². The Morgan fingerprint density at radius 3 is 3.00 bits per heavy atom. The fraction of sp³-hybridized carbons (Fsp3) is 0.364. The molecular weight excluding hydrogens is 224 g/mol. The van der Waals surface area contributed by atoms with E-state index in [0.29, 0.717) is 13.2 Å². The first-order valence-electron chi connectivity index (χ1n) is 5.19. The number of nitrogens with one attached hydrogen (secondary N) is 1. The summed E-state index contributed by atoms with van der Waals surface area (Å²) in [4.78, 5) is 12.6. The minimum Gasteiger partial charge on any atom is -0.379 e. The van der Waals surface area contributed by atoms with Crippen molar-refractivity contribution < 1.29 is 9.53 Å².